The molecule has 0 amide bonds. The van der Waals surface area contributed by atoms with Gasteiger partial charge in [0.1, 0.15) is 0 Å². The van der Waals surface area contributed by atoms with Crippen LogP contribution in [0.4, 0.5) is 0 Å². The Balaban J connectivity index is 6.11. The van der Waals surface area contributed by atoms with Gasteiger partial charge in [-0.05, 0) is 0 Å². The Bertz CT molecular complexity index is 460. The molecular weight excluding hydrogens is 503 g/mol. The van der Waals surface area contributed by atoms with Crippen LogP contribution in [-0.4, -0.2) is 44.5 Å². The van der Waals surface area contributed by atoms with E-state index < -0.39 is 26.7 Å². The molecule has 1 N–H and O–H groups in total. The molecule has 0 bridgehead atoms. The summed E-state index contributed by atoms with van der Waals surface area (Å²) in [5, 5.41) is 10.9. The van der Waals surface area contributed by atoms with E-state index in [1.807, 2.05) is 0 Å². The molecule has 4 heteroatoms. The molecule has 0 radical (unpaired) electrons. The van der Waals surface area contributed by atoms with E-state index in [1.54, 1.807) is 0 Å². The van der Waals surface area contributed by atoms with Gasteiger partial charge in [0.25, 0.3) is 0 Å². The normalized spacial score (nSPS) is 14.8. The van der Waals surface area contributed by atoms with Crippen molar-refractivity contribution in [1.29, 1.82) is 0 Å². The maximum absolute atomic E-state index is 10.7. The first kappa shape index (κ1) is 31.7. The Labute approximate surface area is 202 Å². The molecule has 0 aromatic carbocycles. The summed E-state index contributed by atoms with van der Waals surface area (Å²) in [6, 6.07) is 0. The van der Waals surface area contributed by atoms with Crippen LogP contribution in [0.25, 0.3) is 0 Å². The summed E-state index contributed by atoms with van der Waals surface area (Å²) in [6.07, 6.45) is 15.4. The molecule has 1 unspecified atom stereocenters. The van der Waals surface area contributed by atoms with Gasteiger partial charge in [-0.3, -0.25) is 0 Å². The fourth-order valence-electron chi connectivity index (χ4n) is 4.35. The predicted molar refractivity (Wildman–Crippen MR) is 146 cm³/mol. The summed E-state index contributed by atoms with van der Waals surface area (Å²) < 4.78 is 12.7. The van der Waals surface area contributed by atoms with Crippen molar-refractivity contribution in [2.45, 2.75) is 150 Å². The van der Waals surface area contributed by atoms with Gasteiger partial charge in [0.15, 0.2) is 0 Å². The van der Waals surface area contributed by atoms with Crippen molar-refractivity contribution < 1.29 is 9.53 Å². The number of unbranched alkanes of at least 4 members (excludes halogenated alkanes) is 5. The van der Waals surface area contributed by atoms with Gasteiger partial charge < -0.3 is 0 Å². The van der Waals surface area contributed by atoms with Crippen LogP contribution < -0.4 is 0 Å². The maximum atomic E-state index is 10.7. The van der Waals surface area contributed by atoms with Gasteiger partial charge in [0, 0.05) is 0 Å². The van der Waals surface area contributed by atoms with Gasteiger partial charge in [-0.2, -0.15) is 0 Å². The van der Waals surface area contributed by atoms with Crippen LogP contribution in [0, 0.1) is 0 Å². The van der Waals surface area contributed by atoms with E-state index in [0.29, 0.717) is 0 Å². The predicted octanol–water partition coefficient (Wildman–Crippen LogP) is 9.26. The zero-order chi connectivity index (χ0) is 24.0. The molecule has 31 heavy (non-hydrogen) atoms. The molecule has 1 atom stereocenters. The van der Waals surface area contributed by atoms with Crippen LogP contribution >= 0.6 is 0 Å². The number of aliphatic hydroxyl groups is 1. The average molecular weight is 562 g/mol. The van der Waals surface area contributed by atoms with E-state index in [1.165, 1.54) is 74.7 Å². The number of rotatable bonds is 18. The fourth-order valence-corrected chi connectivity index (χ4v) is 21.9. The van der Waals surface area contributed by atoms with Gasteiger partial charge >= 0.3 is 203 Å². The minimum atomic E-state index is -2.61. The third kappa shape index (κ3) is 11.6. The Morgan fingerprint density at radius 3 is 1.65 bits per heavy atom. The van der Waals surface area contributed by atoms with E-state index in [2.05, 4.69) is 67.6 Å². The van der Waals surface area contributed by atoms with Crippen molar-refractivity contribution in [3.05, 3.63) is 9.67 Å². The Morgan fingerprint density at radius 1 is 0.839 bits per heavy atom. The zero-order valence-corrected chi connectivity index (χ0v) is 26.8. The van der Waals surface area contributed by atoms with E-state index in [0.717, 1.165) is 6.42 Å². The number of hydrogen-bond donors (Lipinski definition) is 1. The molecule has 2 nitrogen and oxygen atoms in total. The fraction of sp³-hybridized carbons (Fsp3) is 0.926. The molecule has 0 aliphatic heterocycles. The van der Waals surface area contributed by atoms with Gasteiger partial charge in [-0.1, -0.05) is 0 Å². The SMILES string of the molecule is CCCCCC(/C=[C](\CO)[Sn]([CH2]CCC)([CH2]CCC)[CH2]CCC)O[Si](C)(C)C(C)(C)C. The van der Waals surface area contributed by atoms with Gasteiger partial charge in [0.2, 0.25) is 0 Å². The van der Waals surface area contributed by atoms with Crippen LogP contribution in [0.5, 0.6) is 0 Å². The van der Waals surface area contributed by atoms with Gasteiger partial charge in [-0.15, -0.1) is 0 Å². The Hall–Kier alpha value is 0.676. The molecule has 0 aliphatic carbocycles. The van der Waals surface area contributed by atoms with Gasteiger partial charge in [0.05, 0.1) is 0 Å². The first-order chi connectivity index (χ1) is 14.5. The van der Waals surface area contributed by atoms with Crippen molar-refractivity contribution in [2.75, 3.05) is 6.61 Å². The van der Waals surface area contributed by atoms with E-state index in [-0.39, 0.29) is 17.7 Å². The first-order valence-corrected chi connectivity index (χ1v) is 23.9. The zero-order valence-electron chi connectivity index (χ0n) is 22.9. The third-order valence-corrected chi connectivity index (χ3v) is 28.2. The molecule has 186 valence electrons. The molecule has 0 fully saturated rings. The quantitative estimate of drug-likeness (QED) is 0.134. The standard InChI is InChI=1S/C15H31O2Si.3C4H9.Sn/c1-7-8-9-11-14(12-10-13-16)17-18(5,6)15(2,3)4;3*1-3-4-2;/h12,14,16H,7-9,11,13H2,1-6H3;3*1,3-4H2,2H3;. The molecule has 0 aromatic rings. The Kier molecular flexibility index (Phi) is 16.7. The van der Waals surface area contributed by atoms with Crippen molar-refractivity contribution in [1.82, 2.24) is 0 Å². The van der Waals surface area contributed by atoms with Crippen molar-refractivity contribution in [3.63, 3.8) is 0 Å². The summed E-state index contributed by atoms with van der Waals surface area (Å²) in [4.78, 5) is 0. The first-order valence-electron chi connectivity index (χ1n) is 13.5. The van der Waals surface area contributed by atoms with E-state index in [9.17, 15) is 5.11 Å². The van der Waals surface area contributed by atoms with Crippen LogP contribution in [-0.2, 0) is 4.43 Å². The van der Waals surface area contributed by atoms with Gasteiger partial charge in [-0.25, -0.2) is 0 Å². The van der Waals surface area contributed by atoms with E-state index in [4.69, 9.17) is 4.43 Å². The summed E-state index contributed by atoms with van der Waals surface area (Å²) in [7, 11) is -1.85. The van der Waals surface area contributed by atoms with Crippen LogP contribution in [0.2, 0.25) is 31.4 Å². The molecule has 0 aromatic heterocycles. The molecule has 0 heterocycles. The molecule has 0 saturated heterocycles. The Morgan fingerprint density at radius 2 is 1.29 bits per heavy atom. The van der Waals surface area contributed by atoms with Crippen molar-refractivity contribution in [2.24, 2.45) is 0 Å². The van der Waals surface area contributed by atoms with Crippen molar-refractivity contribution in [3.8, 4) is 0 Å². The molecule has 0 rings (SSSR count). The summed E-state index contributed by atoms with van der Waals surface area (Å²) in [5.41, 5.74) is 0. The molecular formula is C27H58O2SiSn. The second-order valence-electron chi connectivity index (χ2n) is 11.4. The minimum absolute atomic E-state index is 0.190. The summed E-state index contributed by atoms with van der Waals surface area (Å²) in [6.45, 7) is 21.3. The monoisotopic (exact) mass is 562 g/mol. The topological polar surface area (TPSA) is 29.5 Å². The van der Waals surface area contributed by atoms with Crippen LogP contribution in [0.1, 0.15) is 113 Å². The van der Waals surface area contributed by atoms with Crippen LogP contribution in [0.15, 0.2) is 9.67 Å². The molecule has 0 aliphatic rings. The second kappa shape index (κ2) is 16.3. The number of hydrogen-bond acceptors (Lipinski definition) is 2. The molecule has 0 spiro atoms. The van der Waals surface area contributed by atoms with E-state index >= 15 is 0 Å². The summed E-state index contributed by atoms with van der Waals surface area (Å²) >= 11 is -2.61. The molecule has 0 saturated carbocycles. The van der Waals surface area contributed by atoms with Crippen molar-refractivity contribution >= 4 is 26.7 Å². The van der Waals surface area contributed by atoms with Crippen LogP contribution in [0.3, 0.4) is 0 Å². The summed E-state index contributed by atoms with van der Waals surface area (Å²) in [5.74, 6) is 0. The average Bonchev–Trinajstić information content (AvgIpc) is 2.70. The number of aliphatic hydroxyl groups excluding tert-OH is 1. The third-order valence-electron chi connectivity index (χ3n) is 7.61. The second-order valence-corrected chi connectivity index (χ2v) is 29.5.